The van der Waals surface area contributed by atoms with Crippen molar-refractivity contribution in [3.8, 4) is 5.69 Å². The molecule has 2 rings (SSSR count). The van der Waals surface area contributed by atoms with Crippen LogP contribution in [0.15, 0.2) is 30.5 Å². The molecule has 0 saturated heterocycles. The lowest BCUT2D eigenvalue weighted by molar-refractivity contribution is 0.630. The fraction of sp³-hybridized carbons (Fsp3) is 0.273. The maximum absolute atomic E-state index is 5.82. The summed E-state index contributed by atoms with van der Waals surface area (Å²) in [5.41, 5.74) is 1.86. The van der Waals surface area contributed by atoms with E-state index >= 15 is 0 Å². The molecule has 1 aromatic carbocycles. The van der Waals surface area contributed by atoms with Crippen LogP contribution in [0, 0.1) is 0 Å². The number of rotatable bonds is 3. The number of nitrogens with one attached hydrogen (secondary N) is 1. The van der Waals surface area contributed by atoms with Crippen LogP contribution in [0.5, 0.6) is 0 Å². The summed E-state index contributed by atoms with van der Waals surface area (Å²) in [6.45, 7) is 2.04. The first-order valence-electron chi connectivity index (χ1n) is 5.06. The standard InChI is InChI=1S/C11H13ClN4/c1-8(13-2)11-7-16(15-14-11)10-5-3-9(12)4-6-10/h3-8,13H,1-2H3. The molecule has 0 aliphatic heterocycles. The van der Waals surface area contributed by atoms with Crippen molar-refractivity contribution in [2.24, 2.45) is 0 Å². The van der Waals surface area contributed by atoms with Crippen molar-refractivity contribution >= 4 is 11.6 Å². The smallest absolute Gasteiger partial charge is 0.0998 e. The number of aromatic nitrogens is 3. The van der Waals surface area contributed by atoms with E-state index in [2.05, 4.69) is 15.6 Å². The number of benzene rings is 1. The van der Waals surface area contributed by atoms with Crippen LogP contribution in [-0.2, 0) is 0 Å². The lowest BCUT2D eigenvalue weighted by Gasteiger charge is -2.03. The molecule has 0 saturated carbocycles. The number of hydrogen-bond donors (Lipinski definition) is 1. The zero-order valence-electron chi connectivity index (χ0n) is 9.18. The van der Waals surface area contributed by atoms with Crippen LogP contribution in [0.3, 0.4) is 0 Å². The molecule has 1 N–H and O–H groups in total. The van der Waals surface area contributed by atoms with Crippen molar-refractivity contribution in [1.82, 2.24) is 20.3 Å². The molecule has 4 nitrogen and oxygen atoms in total. The highest BCUT2D eigenvalue weighted by molar-refractivity contribution is 6.30. The van der Waals surface area contributed by atoms with E-state index in [4.69, 9.17) is 11.6 Å². The normalized spacial score (nSPS) is 12.7. The molecule has 0 spiro atoms. The van der Waals surface area contributed by atoms with Crippen LogP contribution in [-0.4, -0.2) is 22.0 Å². The summed E-state index contributed by atoms with van der Waals surface area (Å²) >= 11 is 5.82. The fourth-order valence-corrected chi connectivity index (χ4v) is 1.47. The summed E-state index contributed by atoms with van der Waals surface area (Å²) in [6, 6.07) is 7.68. The van der Waals surface area contributed by atoms with Crippen molar-refractivity contribution < 1.29 is 0 Å². The van der Waals surface area contributed by atoms with E-state index in [1.807, 2.05) is 44.4 Å². The molecule has 5 heteroatoms. The van der Waals surface area contributed by atoms with E-state index in [0.29, 0.717) is 5.02 Å². The summed E-state index contributed by atoms with van der Waals surface area (Å²) in [5.74, 6) is 0. The summed E-state index contributed by atoms with van der Waals surface area (Å²) in [4.78, 5) is 0. The van der Waals surface area contributed by atoms with Crippen molar-refractivity contribution in [1.29, 1.82) is 0 Å². The van der Waals surface area contributed by atoms with Gasteiger partial charge in [-0.15, -0.1) is 5.10 Å². The first-order valence-corrected chi connectivity index (χ1v) is 5.44. The van der Waals surface area contributed by atoms with Crippen LogP contribution in [0.1, 0.15) is 18.7 Å². The molecule has 1 aromatic heterocycles. The van der Waals surface area contributed by atoms with Gasteiger partial charge in [-0.2, -0.15) is 0 Å². The van der Waals surface area contributed by atoms with Gasteiger partial charge < -0.3 is 5.32 Å². The predicted octanol–water partition coefficient (Wildman–Crippen LogP) is 2.20. The molecule has 0 aliphatic carbocycles. The highest BCUT2D eigenvalue weighted by Crippen LogP contribution is 2.14. The fourth-order valence-electron chi connectivity index (χ4n) is 1.34. The minimum absolute atomic E-state index is 0.195. The second-order valence-corrected chi connectivity index (χ2v) is 4.01. The van der Waals surface area contributed by atoms with Gasteiger partial charge in [0.2, 0.25) is 0 Å². The second-order valence-electron chi connectivity index (χ2n) is 3.57. The molecule has 1 atom stereocenters. The van der Waals surface area contributed by atoms with Crippen LogP contribution in [0.4, 0.5) is 0 Å². The van der Waals surface area contributed by atoms with Gasteiger partial charge in [-0.1, -0.05) is 16.8 Å². The van der Waals surface area contributed by atoms with Gasteiger partial charge in [0.1, 0.15) is 0 Å². The SMILES string of the molecule is CNC(C)c1cn(-c2ccc(Cl)cc2)nn1. The van der Waals surface area contributed by atoms with E-state index in [1.165, 1.54) is 0 Å². The third-order valence-corrected chi connectivity index (χ3v) is 2.73. The number of nitrogens with zero attached hydrogens (tertiary/aromatic N) is 3. The van der Waals surface area contributed by atoms with Gasteiger partial charge in [0.15, 0.2) is 0 Å². The Bertz CT molecular complexity index is 463. The zero-order chi connectivity index (χ0) is 11.5. The zero-order valence-corrected chi connectivity index (χ0v) is 9.94. The van der Waals surface area contributed by atoms with E-state index in [0.717, 1.165) is 11.4 Å². The van der Waals surface area contributed by atoms with Crippen molar-refractivity contribution in [3.05, 3.63) is 41.2 Å². The molecular formula is C11H13ClN4. The van der Waals surface area contributed by atoms with Crippen molar-refractivity contribution in [3.63, 3.8) is 0 Å². The Morgan fingerprint density at radius 2 is 2.00 bits per heavy atom. The third kappa shape index (κ3) is 2.23. The monoisotopic (exact) mass is 236 g/mol. The molecule has 1 unspecified atom stereocenters. The third-order valence-electron chi connectivity index (χ3n) is 2.48. The Hall–Kier alpha value is -1.39. The average Bonchev–Trinajstić information content (AvgIpc) is 2.78. The van der Waals surface area contributed by atoms with Crippen molar-refractivity contribution in [2.45, 2.75) is 13.0 Å². The molecule has 84 valence electrons. The highest BCUT2D eigenvalue weighted by Gasteiger charge is 2.08. The molecule has 0 aliphatic rings. The van der Waals surface area contributed by atoms with E-state index in [-0.39, 0.29) is 6.04 Å². The highest BCUT2D eigenvalue weighted by atomic mass is 35.5. The van der Waals surface area contributed by atoms with Gasteiger partial charge in [0.05, 0.1) is 17.6 Å². The Labute approximate surface area is 99.2 Å². The number of hydrogen-bond acceptors (Lipinski definition) is 3. The largest absolute Gasteiger partial charge is 0.312 e. The molecule has 2 aromatic rings. The first-order chi connectivity index (χ1) is 7.70. The Morgan fingerprint density at radius 3 is 2.62 bits per heavy atom. The molecule has 0 fully saturated rings. The summed E-state index contributed by atoms with van der Waals surface area (Å²) in [6.07, 6.45) is 1.91. The van der Waals surface area contributed by atoms with E-state index in [1.54, 1.807) is 4.68 Å². The molecular weight excluding hydrogens is 224 g/mol. The first kappa shape index (κ1) is 11.1. The summed E-state index contributed by atoms with van der Waals surface area (Å²) < 4.78 is 1.74. The lowest BCUT2D eigenvalue weighted by Crippen LogP contribution is -2.12. The lowest BCUT2D eigenvalue weighted by atomic mass is 10.2. The van der Waals surface area contributed by atoms with Gasteiger partial charge in [-0.25, -0.2) is 4.68 Å². The Morgan fingerprint density at radius 1 is 1.31 bits per heavy atom. The molecule has 0 radical (unpaired) electrons. The molecule has 1 heterocycles. The molecule has 0 bridgehead atoms. The molecule has 0 amide bonds. The predicted molar refractivity (Wildman–Crippen MR) is 63.8 cm³/mol. The van der Waals surface area contributed by atoms with Crippen molar-refractivity contribution in [2.75, 3.05) is 7.05 Å². The maximum Gasteiger partial charge on any atom is 0.0998 e. The number of halogens is 1. The second kappa shape index (κ2) is 4.63. The van der Waals surface area contributed by atoms with Gasteiger partial charge in [0, 0.05) is 11.1 Å². The van der Waals surface area contributed by atoms with E-state index in [9.17, 15) is 0 Å². The minimum Gasteiger partial charge on any atom is -0.312 e. The van der Waals surface area contributed by atoms with Crippen LogP contribution in [0.25, 0.3) is 5.69 Å². The minimum atomic E-state index is 0.195. The topological polar surface area (TPSA) is 42.7 Å². The Balaban J connectivity index is 2.28. The van der Waals surface area contributed by atoms with Gasteiger partial charge in [0.25, 0.3) is 0 Å². The quantitative estimate of drug-likeness (QED) is 0.889. The maximum atomic E-state index is 5.82. The molecule has 16 heavy (non-hydrogen) atoms. The van der Waals surface area contributed by atoms with Crippen LogP contribution < -0.4 is 5.32 Å². The Kier molecular flexibility index (Phi) is 3.22. The van der Waals surface area contributed by atoms with Gasteiger partial charge in [-0.3, -0.25) is 0 Å². The van der Waals surface area contributed by atoms with Crippen LogP contribution >= 0.6 is 11.6 Å². The van der Waals surface area contributed by atoms with Gasteiger partial charge in [-0.05, 0) is 38.2 Å². The van der Waals surface area contributed by atoms with Gasteiger partial charge >= 0.3 is 0 Å². The van der Waals surface area contributed by atoms with Crippen LogP contribution in [0.2, 0.25) is 5.02 Å². The summed E-state index contributed by atoms with van der Waals surface area (Å²) in [5, 5.41) is 12.0. The summed E-state index contributed by atoms with van der Waals surface area (Å²) in [7, 11) is 1.89. The average molecular weight is 237 g/mol. The van der Waals surface area contributed by atoms with E-state index < -0.39 is 0 Å².